The number of benzene rings is 3. The molecule has 10 rings (SSSR count). The van der Waals surface area contributed by atoms with Gasteiger partial charge in [0.2, 0.25) is 0 Å². The maximum atomic E-state index is 16.6. The van der Waals surface area contributed by atoms with Gasteiger partial charge in [-0.2, -0.15) is 9.97 Å². The molecule has 5 aliphatic heterocycles. The van der Waals surface area contributed by atoms with Crippen molar-refractivity contribution in [1.82, 2.24) is 19.1 Å². The Labute approximate surface area is 548 Å². The second kappa shape index (κ2) is 25.6. The molecule has 5 saturated heterocycles. The zero-order valence-electron chi connectivity index (χ0n) is 57.2. The van der Waals surface area contributed by atoms with Crippen LogP contribution in [0.1, 0.15) is 111 Å². The molecule has 0 N–H and O–H groups in total. The number of rotatable bonds is 16. The Morgan fingerprint density at radius 2 is 0.978 bits per heavy atom. The molecule has 6 atom stereocenters. The summed E-state index contributed by atoms with van der Waals surface area (Å²) in [6.07, 6.45) is -2.40. The molecule has 0 amide bonds. The van der Waals surface area contributed by atoms with Gasteiger partial charge in [-0.25, -0.2) is 17.6 Å². The third-order valence-corrected chi connectivity index (χ3v) is 32.9. The summed E-state index contributed by atoms with van der Waals surface area (Å²) in [6, 6.07) is 11.7. The minimum atomic E-state index is -2.84. The van der Waals surface area contributed by atoms with Crippen LogP contribution in [0.15, 0.2) is 36.4 Å². The molecule has 16 nitrogen and oxygen atoms in total. The fourth-order valence-electron chi connectivity index (χ4n) is 12.9. The minimum absolute atomic E-state index is 0.00769. The minimum Gasteiger partial charge on any atom is -0.456 e. The van der Waals surface area contributed by atoms with Gasteiger partial charge in [-0.1, -0.05) is 147 Å². The Morgan fingerprint density at radius 3 is 1.37 bits per heavy atom. The summed E-state index contributed by atoms with van der Waals surface area (Å²) in [5.41, 5.74) is 0.514. The van der Waals surface area contributed by atoms with E-state index in [9.17, 15) is 4.39 Å². The van der Waals surface area contributed by atoms with Gasteiger partial charge in [0, 0.05) is 61.6 Å². The second-order valence-corrected chi connectivity index (χ2v) is 54.2. The van der Waals surface area contributed by atoms with Gasteiger partial charge < -0.3 is 55.4 Å². The summed E-state index contributed by atoms with van der Waals surface area (Å²) in [5.74, 6) is -2.85. The molecule has 0 radical (unpaired) electrons. The predicted octanol–water partition coefficient (Wildman–Crippen LogP) is 15.0. The smallest absolute Gasteiger partial charge is 0.456 e. The molecule has 5 fully saturated rings. The highest BCUT2D eigenvalue weighted by atomic mass is 127. The fourth-order valence-corrected chi connectivity index (χ4v) is 24.8. The van der Waals surface area contributed by atoms with E-state index in [-0.39, 0.29) is 103 Å². The number of ether oxygens (including phenoxy) is 6. The lowest BCUT2D eigenvalue weighted by molar-refractivity contribution is -0.0660. The molecule has 0 spiro atoms. The third kappa shape index (κ3) is 14.2. The SMILES string of the molecule is CC(C)(C)[Si]1(C(C)(C)C)OC[C@H]2OC[C@@H](Oc3nc4c(F)c(I)c(F)cc4n3COCC[Si](C)(C)C)[C@@H]2O1.CC1(C)OB(c2ccc(-c3c(F)cc4c(nc(O[C@@H]5CO[C@@H]6CO[Si](C(C)(C)C)(C(C)(C)C)O[C@H]65)n4COCC[Si](C)(C)C)c3F)cc2)OC1(C)C. The zero-order valence-corrected chi connectivity index (χ0v) is 63.3. The first-order valence-electron chi connectivity index (χ1n) is 31.6. The van der Waals surface area contributed by atoms with Gasteiger partial charge in [0.25, 0.3) is 12.0 Å². The number of halogens is 5. The van der Waals surface area contributed by atoms with Crippen LogP contribution in [0, 0.1) is 26.8 Å². The molecule has 0 bridgehead atoms. The van der Waals surface area contributed by atoms with E-state index in [1.165, 1.54) is 12.1 Å². The van der Waals surface area contributed by atoms with Gasteiger partial charge in [0.1, 0.15) is 60.5 Å². The summed E-state index contributed by atoms with van der Waals surface area (Å²) in [6.45, 7) is 50.0. The van der Waals surface area contributed by atoms with E-state index in [0.717, 1.165) is 17.6 Å². The van der Waals surface area contributed by atoms with E-state index in [0.29, 0.717) is 37.5 Å². The predicted molar refractivity (Wildman–Crippen MR) is 362 cm³/mol. The monoisotopic (exact) mass is 1440 g/mol. The van der Waals surface area contributed by atoms with Crippen molar-refractivity contribution in [2.45, 2.75) is 244 Å². The molecule has 7 heterocycles. The number of fused-ring (bicyclic) bond motifs is 4. The summed E-state index contributed by atoms with van der Waals surface area (Å²) in [5, 5.41) is -0.864. The average Bonchev–Trinajstić information content (AvgIpc) is 1.16. The van der Waals surface area contributed by atoms with Crippen LogP contribution in [0.3, 0.4) is 0 Å². The van der Waals surface area contributed by atoms with Gasteiger partial charge in [0.05, 0.1) is 57.8 Å². The number of hydrogen-bond donors (Lipinski definition) is 0. The number of aromatic nitrogens is 4. The molecular weight excluding hydrogens is 1340 g/mol. The molecule has 3 aromatic carbocycles. The number of imidazole rings is 2. The number of hydrogen-bond acceptors (Lipinski definition) is 14. The summed E-state index contributed by atoms with van der Waals surface area (Å²) in [4.78, 5) is 9.14. The van der Waals surface area contributed by atoms with Crippen molar-refractivity contribution in [2.75, 3.05) is 39.6 Å². The fraction of sp³-hybridized carbons (Fsp3) is 0.688. The van der Waals surface area contributed by atoms with Gasteiger partial charge in [-0.3, -0.25) is 9.13 Å². The zero-order chi connectivity index (χ0) is 66.5. The maximum Gasteiger partial charge on any atom is 0.494 e. The Balaban J connectivity index is 0.000000224. The Bertz CT molecular complexity index is 3350. The Morgan fingerprint density at radius 1 is 0.589 bits per heavy atom. The van der Waals surface area contributed by atoms with Crippen molar-refractivity contribution in [3.63, 3.8) is 0 Å². The molecular formula is C64H98BF4IN4O12Si4. The van der Waals surface area contributed by atoms with Crippen molar-refractivity contribution in [1.29, 1.82) is 0 Å². The van der Waals surface area contributed by atoms with Crippen LogP contribution in [0.5, 0.6) is 12.0 Å². The lowest BCUT2D eigenvalue weighted by Crippen LogP contribution is -2.65. The molecule has 5 aromatic rings. The summed E-state index contributed by atoms with van der Waals surface area (Å²) >= 11 is 1.66. The van der Waals surface area contributed by atoms with Crippen molar-refractivity contribution in [3.8, 4) is 23.1 Å². The van der Waals surface area contributed by atoms with Gasteiger partial charge >= 0.3 is 24.2 Å². The van der Waals surface area contributed by atoms with Crippen LogP contribution in [0.4, 0.5) is 17.6 Å². The van der Waals surface area contributed by atoms with Crippen LogP contribution in [0.25, 0.3) is 33.2 Å². The highest BCUT2D eigenvalue weighted by molar-refractivity contribution is 14.1. The van der Waals surface area contributed by atoms with Crippen molar-refractivity contribution in [3.05, 3.63) is 63.2 Å². The Hall–Kier alpha value is -2.82. The number of nitrogens with zero attached hydrogens (tertiary/aromatic N) is 4. The van der Waals surface area contributed by atoms with E-state index in [1.54, 1.807) is 56.0 Å². The first-order chi connectivity index (χ1) is 41.4. The van der Waals surface area contributed by atoms with Crippen molar-refractivity contribution in [2.24, 2.45) is 0 Å². The van der Waals surface area contributed by atoms with E-state index in [1.807, 2.05) is 27.7 Å². The lowest BCUT2D eigenvalue weighted by Gasteiger charge is -2.53. The van der Waals surface area contributed by atoms with Crippen LogP contribution < -0.4 is 14.9 Å². The first kappa shape index (κ1) is 71.5. The van der Waals surface area contributed by atoms with Gasteiger partial charge in [-0.15, -0.1) is 0 Å². The largest absolute Gasteiger partial charge is 0.494 e. The van der Waals surface area contributed by atoms with Crippen molar-refractivity contribution < 1.29 is 73.0 Å². The second-order valence-electron chi connectivity index (χ2n) is 32.4. The molecule has 26 heteroatoms. The Kier molecular flexibility index (Phi) is 20.4. The molecule has 500 valence electrons. The van der Waals surface area contributed by atoms with Crippen LogP contribution in [-0.4, -0.2) is 147 Å². The standard InChI is InChI=1S/C38H57BF2N2O7Si2.C26H41F2IN2O5Si2/c1-35(2,3)52(36(4,5)6)46-22-28-33(48-52)29(21-45-28)47-34-42-32-27(43(34)23-44-18-19-51(11,12)13)20-26(40)30(31(32)41)24-14-16-25(17-15-24)39-49-37(7,8)38(9,10)50-39;1-25(2,3)38(26(4,5)6)34-14-18-23(36-38)19(13-33-18)35-24-30-22-17(12-16(27)21(29)20(22)28)31(24)15-32-10-11-37(7,8)9/h14-17,20,28-29,33H,18-19,21-23H2,1-13H3;12,18-19,23H,10-11,13-15H2,1-9H3/t28-,29-,33-;18-,19-,23-/m11/s1. The van der Waals surface area contributed by atoms with Crippen LogP contribution >= 0.6 is 22.6 Å². The maximum absolute atomic E-state index is 16.6. The molecule has 90 heavy (non-hydrogen) atoms. The first-order valence-corrected chi connectivity index (χ1v) is 43.8. The summed E-state index contributed by atoms with van der Waals surface area (Å²) in [7, 11) is -8.89. The van der Waals surface area contributed by atoms with E-state index in [4.69, 9.17) is 55.4 Å². The van der Waals surface area contributed by atoms with Crippen molar-refractivity contribution >= 4 is 90.5 Å². The quantitative estimate of drug-likeness (QED) is 0.0303. The highest BCUT2D eigenvalue weighted by Crippen LogP contribution is 2.57. The third-order valence-electron chi connectivity index (χ3n) is 18.3. The molecule has 5 aliphatic rings. The normalized spacial score (nSPS) is 24.3. The van der Waals surface area contributed by atoms with Gasteiger partial charge in [-0.05, 0) is 73.4 Å². The summed E-state index contributed by atoms with van der Waals surface area (Å²) < 4.78 is 142. The lowest BCUT2D eigenvalue weighted by atomic mass is 9.78. The molecule has 2 aromatic heterocycles. The molecule has 0 saturated carbocycles. The van der Waals surface area contributed by atoms with E-state index < -0.39 is 93.2 Å². The van der Waals surface area contributed by atoms with Gasteiger partial charge in [0.15, 0.2) is 23.8 Å². The molecule has 0 aliphatic carbocycles. The molecule has 0 unspecified atom stereocenters. The topological polar surface area (TPSA) is 146 Å². The van der Waals surface area contributed by atoms with E-state index in [2.05, 4.69) is 132 Å². The van der Waals surface area contributed by atoms with Crippen LogP contribution in [-0.2, 0) is 59.4 Å². The van der Waals surface area contributed by atoms with E-state index >= 15 is 13.2 Å². The van der Waals surface area contributed by atoms with Crippen LogP contribution in [0.2, 0.25) is 71.5 Å². The highest BCUT2D eigenvalue weighted by Gasteiger charge is 2.66. The average molecular weight is 1440 g/mol.